The van der Waals surface area contributed by atoms with Gasteiger partial charge in [0, 0.05) is 19.6 Å². The number of carbonyl (C=O) groups excluding carboxylic acids is 1. The predicted molar refractivity (Wildman–Crippen MR) is 82.9 cm³/mol. The van der Waals surface area contributed by atoms with Crippen LogP contribution in [0, 0.1) is 0 Å². The minimum atomic E-state index is -0.824. The normalized spacial score (nSPS) is 11.9. The summed E-state index contributed by atoms with van der Waals surface area (Å²) in [7, 11) is 1.35. The summed E-state index contributed by atoms with van der Waals surface area (Å²) in [5.74, 6) is -0.384. The van der Waals surface area contributed by atoms with Gasteiger partial charge in [0.25, 0.3) is 0 Å². The van der Waals surface area contributed by atoms with E-state index < -0.39 is 6.10 Å². The van der Waals surface area contributed by atoms with Gasteiger partial charge in [0.15, 0.2) is 0 Å². The highest BCUT2D eigenvalue weighted by Crippen LogP contribution is 2.27. The fraction of sp³-hybridized carbons (Fsp3) is 0.533. The molecule has 21 heavy (non-hydrogen) atoms. The van der Waals surface area contributed by atoms with Crippen molar-refractivity contribution >= 4 is 17.3 Å². The number of aliphatic hydroxyl groups is 2. The van der Waals surface area contributed by atoms with Crippen LogP contribution in [-0.4, -0.2) is 55.6 Å². The number of carbonyl (C=O) groups is 1. The second kappa shape index (κ2) is 8.49. The third-order valence-electron chi connectivity index (χ3n) is 3.26. The number of ether oxygens (including phenoxy) is 1. The molecule has 0 spiro atoms. The summed E-state index contributed by atoms with van der Waals surface area (Å²) in [6.45, 7) is 5.58. The molecule has 0 aromatic heterocycles. The number of benzene rings is 1. The Hall–Kier alpha value is -1.79. The van der Waals surface area contributed by atoms with E-state index in [0.29, 0.717) is 5.56 Å². The first-order valence-corrected chi connectivity index (χ1v) is 7.07. The predicted octanol–water partition coefficient (Wildman–Crippen LogP) is 1.08. The molecule has 6 heteroatoms. The molecule has 0 saturated heterocycles. The van der Waals surface area contributed by atoms with Gasteiger partial charge in [0.1, 0.15) is 0 Å². The fourth-order valence-electron chi connectivity index (χ4n) is 2.04. The van der Waals surface area contributed by atoms with Crippen LogP contribution >= 0.6 is 0 Å². The van der Waals surface area contributed by atoms with Crippen molar-refractivity contribution in [3.05, 3.63) is 23.8 Å². The first-order chi connectivity index (χ1) is 10.1. The summed E-state index contributed by atoms with van der Waals surface area (Å²) in [5.41, 5.74) is 2.15. The van der Waals surface area contributed by atoms with E-state index in [9.17, 15) is 9.90 Å². The number of rotatable bonds is 8. The Morgan fingerprint density at radius 1 is 1.38 bits per heavy atom. The summed E-state index contributed by atoms with van der Waals surface area (Å²) in [4.78, 5) is 13.8. The van der Waals surface area contributed by atoms with Crippen molar-refractivity contribution in [2.24, 2.45) is 0 Å². The van der Waals surface area contributed by atoms with Crippen molar-refractivity contribution in [1.82, 2.24) is 0 Å². The molecule has 0 aliphatic carbocycles. The molecule has 118 valence electrons. The molecule has 6 nitrogen and oxygen atoms in total. The highest BCUT2D eigenvalue weighted by molar-refractivity contribution is 5.92. The van der Waals surface area contributed by atoms with E-state index in [1.165, 1.54) is 7.11 Å². The fourth-order valence-corrected chi connectivity index (χ4v) is 2.04. The molecule has 0 aliphatic heterocycles. The maximum Gasteiger partial charge on any atom is 0.337 e. The minimum Gasteiger partial charge on any atom is -0.465 e. The van der Waals surface area contributed by atoms with Crippen molar-refractivity contribution < 1.29 is 19.7 Å². The quantitative estimate of drug-likeness (QED) is 0.623. The van der Waals surface area contributed by atoms with Gasteiger partial charge in [-0.25, -0.2) is 4.79 Å². The van der Waals surface area contributed by atoms with Crippen molar-refractivity contribution in [2.45, 2.75) is 20.0 Å². The molecule has 1 aromatic rings. The van der Waals surface area contributed by atoms with Gasteiger partial charge in [-0.15, -0.1) is 0 Å². The van der Waals surface area contributed by atoms with Crippen molar-refractivity contribution in [3.8, 4) is 0 Å². The average Bonchev–Trinajstić information content (AvgIpc) is 2.53. The molecule has 0 saturated carbocycles. The molecule has 1 rings (SSSR count). The van der Waals surface area contributed by atoms with Crippen LogP contribution in [-0.2, 0) is 4.74 Å². The lowest BCUT2D eigenvalue weighted by Crippen LogP contribution is -2.26. The number of methoxy groups -OCH3 is 1. The zero-order chi connectivity index (χ0) is 15.8. The van der Waals surface area contributed by atoms with E-state index in [1.54, 1.807) is 18.2 Å². The number of nitrogens with zero attached hydrogens (tertiary/aromatic N) is 1. The summed E-state index contributed by atoms with van der Waals surface area (Å²) in [6.07, 6.45) is -0.824. The second-order valence-electron chi connectivity index (χ2n) is 4.61. The van der Waals surface area contributed by atoms with Gasteiger partial charge in [-0.2, -0.15) is 0 Å². The third-order valence-corrected chi connectivity index (χ3v) is 3.26. The van der Waals surface area contributed by atoms with Crippen LogP contribution in [0.5, 0.6) is 0 Å². The van der Waals surface area contributed by atoms with Crippen LogP contribution in [0.25, 0.3) is 0 Å². The lowest BCUT2D eigenvalue weighted by atomic mass is 10.1. The Kier molecular flexibility index (Phi) is 6.98. The molecular weight excluding hydrogens is 272 g/mol. The molecule has 3 N–H and O–H groups in total. The molecule has 0 fully saturated rings. The van der Waals surface area contributed by atoms with E-state index in [2.05, 4.69) is 10.2 Å². The van der Waals surface area contributed by atoms with Crippen LogP contribution in [0.15, 0.2) is 18.2 Å². The molecular formula is C15H24N2O4. The van der Waals surface area contributed by atoms with Gasteiger partial charge in [-0.3, -0.25) is 0 Å². The Balaban J connectivity index is 3.07. The van der Waals surface area contributed by atoms with E-state index in [1.807, 2.05) is 13.8 Å². The number of hydrogen-bond donors (Lipinski definition) is 3. The largest absolute Gasteiger partial charge is 0.465 e. The third kappa shape index (κ3) is 4.61. The first kappa shape index (κ1) is 17.3. The monoisotopic (exact) mass is 296 g/mol. The number of esters is 1. The van der Waals surface area contributed by atoms with Gasteiger partial charge in [-0.1, -0.05) is 0 Å². The van der Waals surface area contributed by atoms with Crippen LogP contribution in [0.3, 0.4) is 0 Å². The maximum atomic E-state index is 11.7. The average molecular weight is 296 g/mol. The molecule has 1 unspecified atom stereocenters. The zero-order valence-electron chi connectivity index (χ0n) is 12.8. The number of aliphatic hydroxyl groups excluding tert-OH is 2. The van der Waals surface area contributed by atoms with E-state index >= 15 is 0 Å². The van der Waals surface area contributed by atoms with E-state index in [-0.39, 0.29) is 19.1 Å². The van der Waals surface area contributed by atoms with Crippen LogP contribution in [0.2, 0.25) is 0 Å². The number of nitrogens with one attached hydrogen (secondary N) is 1. The maximum absolute atomic E-state index is 11.7. The first-order valence-electron chi connectivity index (χ1n) is 7.07. The SMILES string of the molecule is CCN(CC)c1cc(C(=O)OC)ccc1NCC(O)CO. The molecule has 1 atom stereocenters. The molecule has 0 radical (unpaired) electrons. The van der Waals surface area contributed by atoms with Crippen LogP contribution < -0.4 is 10.2 Å². The van der Waals surface area contributed by atoms with Gasteiger partial charge >= 0.3 is 5.97 Å². The molecule has 0 heterocycles. The Labute approximate surface area is 125 Å². The second-order valence-corrected chi connectivity index (χ2v) is 4.61. The lowest BCUT2D eigenvalue weighted by molar-refractivity contribution is 0.0601. The van der Waals surface area contributed by atoms with Gasteiger partial charge in [0.2, 0.25) is 0 Å². The van der Waals surface area contributed by atoms with E-state index in [0.717, 1.165) is 24.5 Å². The van der Waals surface area contributed by atoms with Crippen LogP contribution in [0.1, 0.15) is 24.2 Å². The summed E-state index contributed by atoms with van der Waals surface area (Å²) in [5, 5.41) is 21.4. The smallest absolute Gasteiger partial charge is 0.337 e. The van der Waals surface area contributed by atoms with Crippen LogP contribution in [0.4, 0.5) is 11.4 Å². The molecule has 0 amide bonds. The van der Waals surface area contributed by atoms with Crippen molar-refractivity contribution in [3.63, 3.8) is 0 Å². The zero-order valence-corrected chi connectivity index (χ0v) is 12.8. The number of anilines is 2. The number of hydrogen-bond acceptors (Lipinski definition) is 6. The summed E-state index contributed by atoms with van der Waals surface area (Å²) < 4.78 is 4.74. The standard InChI is InChI=1S/C15H24N2O4/c1-4-17(5-2)14-8-11(15(20)21-3)6-7-13(14)16-9-12(19)10-18/h6-8,12,16,18-19H,4-5,9-10H2,1-3H3. The Morgan fingerprint density at radius 3 is 2.57 bits per heavy atom. The van der Waals surface area contributed by atoms with Gasteiger partial charge < -0.3 is 25.2 Å². The topological polar surface area (TPSA) is 82.0 Å². The Bertz CT molecular complexity index is 461. The lowest BCUT2D eigenvalue weighted by Gasteiger charge is -2.25. The van der Waals surface area contributed by atoms with Crippen molar-refractivity contribution in [2.75, 3.05) is 43.6 Å². The van der Waals surface area contributed by atoms with Crippen molar-refractivity contribution in [1.29, 1.82) is 0 Å². The molecule has 0 bridgehead atoms. The summed E-state index contributed by atoms with van der Waals surface area (Å²) in [6, 6.07) is 5.23. The van der Waals surface area contributed by atoms with E-state index in [4.69, 9.17) is 9.84 Å². The summed E-state index contributed by atoms with van der Waals surface area (Å²) >= 11 is 0. The molecule has 0 aliphatic rings. The molecule has 1 aromatic carbocycles. The highest BCUT2D eigenvalue weighted by Gasteiger charge is 2.14. The Morgan fingerprint density at radius 2 is 2.05 bits per heavy atom. The highest BCUT2D eigenvalue weighted by atomic mass is 16.5. The van der Waals surface area contributed by atoms with Gasteiger partial charge in [-0.05, 0) is 32.0 Å². The van der Waals surface area contributed by atoms with Gasteiger partial charge in [0.05, 0.1) is 36.8 Å². The minimum absolute atomic E-state index is 0.238.